The van der Waals surface area contributed by atoms with Gasteiger partial charge in [0.05, 0.1) is 12.1 Å². The fourth-order valence-corrected chi connectivity index (χ4v) is 1.96. The van der Waals surface area contributed by atoms with E-state index in [-0.39, 0.29) is 18.2 Å². The highest BCUT2D eigenvalue weighted by Crippen LogP contribution is 2.13. The van der Waals surface area contributed by atoms with E-state index in [2.05, 4.69) is 15.8 Å². The van der Waals surface area contributed by atoms with Crippen molar-refractivity contribution in [1.29, 1.82) is 0 Å². The summed E-state index contributed by atoms with van der Waals surface area (Å²) in [6, 6.07) is 10.0. The number of aromatic nitrogens is 1. The lowest BCUT2D eigenvalue weighted by Crippen LogP contribution is -2.39. The van der Waals surface area contributed by atoms with Gasteiger partial charge < -0.3 is 15.2 Å². The molecule has 0 saturated heterocycles. The third-order valence-corrected chi connectivity index (χ3v) is 2.96. The van der Waals surface area contributed by atoms with Crippen LogP contribution in [0.25, 0.3) is 0 Å². The molecule has 0 spiro atoms. The molecule has 0 aliphatic rings. The Morgan fingerprint density at radius 3 is 2.57 bits per heavy atom. The number of carbonyl (C=O) groups excluding carboxylic acids is 2. The van der Waals surface area contributed by atoms with Crippen molar-refractivity contribution in [2.75, 3.05) is 7.05 Å². The van der Waals surface area contributed by atoms with Crippen LogP contribution in [0.4, 0.5) is 0 Å². The Bertz CT molecular complexity index is 622. The van der Waals surface area contributed by atoms with Crippen LogP contribution in [-0.2, 0) is 16.0 Å². The molecule has 110 valence electrons. The summed E-state index contributed by atoms with van der Waals surface area (Å²) in [5.41, 5.74) is 1.43. The molecule has 2 rings (SSSR count). The van der Waals surface area contributed by atoms with Crippen LogP contribution in [0.5, 0.6) is 0 Å². The molecule has 2 amide bonds. The van der Waals surface area contributed by atoms with Gasteiger partial charge >= 0.3 is 0 Å². The van der Waals surface area contributed by atoms with Gasteiger partial charge in [0.25, 0.3) is 0 Å². The van der Waals surface area contributed by atoms with Crippen LogP contribution in [0, 0.1) is 6.92 Å². The predicted molar refractivity (Wildman–Crippen MR) is 76.3 cm³/mol. The topological polar surface area (TPSA) is 84.2 Å². The van der Waals surface area contributed by atoms with E-state index >= 15 is 0 Å². The molecule has 6 nitrogen and oxygen atoms in total. The molecule has 0 bridgehead atoms. The molecule has 0 unspecified atom stereocenters. The zero-order chi connectivity index (χ0) is 15.2. The van der Waals surface area contributed by atoms with Crippen molar-refractivity contribution >= 4 is 11.8 Å². The number of hydrogen-bond donors (Lipinski definition) is 2. The van der Waals surface area contributed by atoms with Crippen LogP contribution in [0.1, 0.15) is 23.1 Å². The van der Waals surface area contributed by atoms with Crippen molar-refractivity contribution in [2.24, 2.45) is 0 Å². The van der Waals surface area contributed by atoms with Crippen LogP contribution >= 0.6 is 0 Å². The van der Waals surface area contributed by atoms with Gasteiger partial charge in [0.2, 0.25) is 11.8 Å². The van der Waals surface area contributed by atoms with Crippen LogP contribution in [0.2, 0.25) is 0 Å². The summed E-state index contributed by atoms with van der Waals surface area (Å²) in [4.78, 5) is 24.0. The van der Waals surface area contributed by atoms with Gasteiger partial charge in [-0.25, -0.2) is 0 Å². The van der Waals surface area contributed by atoms with Crippen molar-refractivity contribution in [3.05, 3.63) is 53.4 Å². The van der Waals surface area contributed by atoms with E-state index in [0.29, 0.717) is 11.5 Å². The second-order valence-electron chi connectivity index (χ2n) is 4.64. The summed E-state index contributed by atoms with van der Waals surface area (Å²) in [6.07, 6.45) is 0.0428. The highest BCUT2D eigenvalue weighted by atomic mass is 16.5. The number of aryl methyl sites for hydroxylation is 1. The standard InChI is InChI=1S/C15H17N3O3/c1-10-8-12(21-18-10)9-13(19)17-14(15(20)16-2)11-6-4-3-5-7-11/h3-8,14H,9H2,1-2H3,(H,16,20)(H,17,19)/t14-/m0/s1. The zero-order valence-corrected chi connectivity index (χ0v) is 11.9. The van der Waals surface area contributed by atoms with Gasteiger partial charge in [0.15, 0.2) is 0 Å². The summed E-state index contributed by atoms with van der Waals surface area (Å²) < 4.78 is 5.00. The minimum atomic E-state index is -0.729. The van der Waals surface area contributed by atoms with E-state index in [1.807, 2.05) is 18.2 Å². The molecule has 0 aliphatic heterocycles. The first-order valence-electron chi connectivity index (χ1n) is 6.58. The molecular weight excluding hydrogens is 270 g/mol. The smallest absolute Gasteiger partial charge is 0.246 e. The van der Waals surface area contributed by atoms with E-state index in [1.54, 1.807) is 25.1 Å². The first-order valence-corrected chi connectivity index (χ1v) is 6.58. The molecule has 2 aromatic rings. The number of nitrogens with one attached hydrogen (secondary N) is 2. The minimum absolute atomic E-state index is 0.0428. The second-order valence-corrected chi connectivity index (χ2v) is 4.64. The van der Waals surface area contributed by atoms with Crippen LogP contribution in [-0.4, -0.2) is 24.0 Å². The first kappa shape index (κ1) is 14.8. The van der Waals surface area contributed by atoms with Crippen LogP contribution < -0.4 is 10.6 Å². The van der Waals surface area contributed by atoms with Gasteiger partial charge in [0.1, 0.15) is 11.8 Å². The molecular formula is C15H17N3O3. The van der Waals surface area contributed by atoms with Crippen molar-refractivity contribution in [2.45, 2.75) is 19.4 Å². The number of nitrogens with zero attached hydrogens (tertiary/aromatic N) is 1. The highest BCUT2D eigenvalue weighted by molar-refractivity contribution is 5.89. The molecule has 1 atom stereocenters. The normalized spacial score (nSPS) is 11.7. The maximum absolute atomic E-state index is 12.0. The number of amides is 2. The SMILES string of the molecule is CNC(=O)[C@@H](NC(=O)Cc1cc(C)no1)c1ccccc1. The Hall–Kier alpha value is -2.63. The van der Waals surface area contributed by atoms with E-state index in [9.17, 15) is 9.59 Å². The maximum Gasteiger partial charge on any atom is 0.246 e. The molecule has 0 aliphatic carbocycles. The summed E-state index contributed by atoms with van der Waals surface area (Å²) in [5.74, 6) is -0.111. The third-order valence-electron chi connectivity index (χ3n) is 2.96. The maximum atomic E-state index is 12.0. The number of rotatable bonds is 5. The Balaban J connectivity index is 2.08. The third kappa shape index (κ3) is 3.92. The van der Waals surface area contributed by atoms with Gasteiger partial charge in [0, 0.05) is 13.1 Å². The fraction of sp³-hybridized carbons (Fsp3) is 0.267. The molecule has 1 aromatic heterocycles. The lowest BCUT2D eigenvalue weighted by Gasteiger charge is -2.17. The average molecular weight is 287 g/mol. The van der Waals surface area contributed by atoms with E-state index in [1.165, 1.54) is 7.05 Å². The van der Waals surface area contributed by atoms with Gasteiger partial charge in [-0.05, 0) is 12.5 Å². The lowest BCUT2D eigenvalue weighted by atomic mass is 10.1. The first-order chi connectivity index (χ1) is 10.1. The van der Waals surface area contributed by atoms with Gasteiger partial charge in [-0.1, -0.05) is 35.5 Å². The molecule has 1 aromatic carbocycles. The highest BCUT2D eigenvalue weighted by Gasteiger charge is 2.22. The molecule has 0 saturated carbocycles. The van der Waals surface area contributed by atoms with Gasteiger partial charge in [-0.2, -0.15) is 0 Å². The van der Waals surface area contributed by atoms with Gasteiger partial charge in [-0.15, -0.1) is 0 Å². The molecule has 0 radical (unpaired) electrons. The Morgan fingerprint density at radius 2 is 2.00 bits per heavy atom. The quantitative estimate of drug-likeness (QED) is 0.863. The van der Waals surface area contributed by atoms with Crippen LogP contribution in [0.3, 0.4) is 0 Å². The number of hydrogen-bond acceptors (Lipinski definition) is 4. The summed E-state index contributed by atoms with van der Waals surface area (Å²) in [7, 11) is 1.53. The molecule has 2 N–H and O–H groups in total. The Labute approximate surface area is 122 Å². The monoisotopic (exact) mass is 287 g/mol. The summed E-state index contributed by atoms with van der Waals surface area (Å²) in [6.45, 7) is 1.78. The van der Waals surface area contributed by atoms with Crippen molar-refractivity contribution in [3.8, 4) is 0 Å². The average Bonchev–Trinajstić information content (AvgIpc) is 2.90. The molecule has 0 fully saturated rings. The van der Waals surface area contributed by atoms with Crippen molar-refractivity contribution < 1.29 is 14.1 Å². The summed E-state index contributed by atoms with van der Waals surface area (Å²) >= 11 is 0. The zero-order valence-electron chi connectivity index (χ0n) is 11.9. The Morgan fingerprint density at radius 1 is 1.29 bits per heavy atom. The number of likely N-dealkylation sites (N-methyl/N-ethyl adjacent to an activating group) is 1. The summed E-state index contributed by atoms with van der Waals surface area (Å²) in [5, 5.41) is 8.97. The predicted octanol–water partition coefficient (Wildman–Crippen LogP) is 1.13. The number of benzene rings is 1. The van der Waals surface area contributed by atoms with Crippen molar-refractivity contribution in [1.82, 2.24) is 15.8 Å². The lowest BCUT2D eigenvalue weighted by molar-refractivity contribution is -0.128. The molecule has 21 heavy (non-hydrogen) atoms. The fourth-order valence-electron chi connectivity index (χ4n) is 1.96. The van der Waals surface area contributed by atoms with Crippen molar-refractivity contribution in [3.63, 3.8) is 0 Å². The molecule has 6 heteroatoms. The van der Waals surface area contributed by atoms with E-state index in [4.69, 9.17) is 4.52 Å². The largest absolute Gasteiger partial charge is 0.361 e. The number of carbonyl (C=O) groups is 2. The second kappa shape index (κ2) is 6.69. The van der Waals surface area contributed by atoms with Crippen LogP contribution in [0.15, 0.2) is 40.9 Å². The van der Waals surface area contributed by atoms with E-state index in [0.717, 1.165) is 5.56 Å². The molecule has 1 heterocycles. The minimum Gasteiger partial charge on any atom is -0.361 e. The van der Waals surface area contributed by atoms with Gasteiger partial charge in [-0.3, -0.25) is 9.59 Å². The van der Waals surface area contributed by atoms with E-state index < -0.39 is 6.04 Å². The Kier molecular flexibility index (Phi) is 4.71.